The predicted molar refractivity (Wildman–Crippen MR) is 104 cm³/mol. The lowest BCUT2D eigenvalue weighted by Crippen LogP contribution is -2.19. The van der Waals surface area contributed by atoms with Crippen molar-refractivity contribution in [2.45, 2.75) is 13.0 Å². The molecule has 2 aromatic carbocycles. The van der Waals surface area contributed by atoms with Gasteiger partial charge in [-0.25, -0.2) is 4.39 Å². The van der Waals surface area contributed by atoms with Gasteiger partial charge in [-0.15, -0.1) is 11.6 Å². The van der Waals surface area contributed by atoms with Gasteiger partial charge in [-0.2, -0.15) is 0 Å². The van der Waals surface area contributed by atoms with Crippen LogP contribution in [0.3, 0.4) is 0 Å². The SMILES string of the molecule is C=C(c1ccc(OC[C@H](C)CCl)cc1)c1ccc(OC[C@@H](O)CF)cc1. The molecule has 3 nitrogen and oxygen atoms in total. The molecule has 0 aliphatic rings. The van der Waals surface area contributed by atoms with Crippen LogP contribution in [0.15, 0.2) is 55.1 Å². The van der Waals surface area contributed by atoms with E-state index in [1.54, 1.807) is 12.1 Å². The number of hydrogen-bond donors (Lipinski definition) is 1. The van der Waals surface area contributed by atoms with Crippen LogP contribution in [0.5, 0.6) is 11.5 Å². The number of ether oxygens (including phenoxy) is 2. The van der Waals surface area contributed by atoms with E-state index in [9.17, 15) is 9.50 Å². The van der Waals surface area contributed by atoms with Crippen LogP contribution < -0.4 is 9.47 Å². The summed E-state index contributed by atoms with van der Waals surface area (Å²) in [5.41, 5.74) is 2.82. The number of aliphatic hydroxyl groups is 1. The average molecular weight is 379 g/mol. The minimum absolute atomic E-state index is 0.0689. The molecule has 0 aliphatic heterocycles. The third-order valence-corrected chi connectivity index (χ3v) is 4.35. The zero-order chi connectivity index (χ0) is 18.9. The maximum atomic E-state index is 12.2. The summed E-state index contributed by atoms with van der Waals surface area (Å²) in [5.74, 6) is 2.25. The van der Waals surface area contributed by atoms with E-state index in [2.05, 4.69) is 6.58 Å². The van der Waals surface area contributed by atoms with Gasteiger partial charge in [-0.1, -0.05) is 37.8 Å². The van der Waals surface area contributed by atoms with E-state index in [0.717, 1.165) is 22.4 Å². The fraction of sp³-hybridized carbons (Fsp3) is 0.333. The molecule has 140 valence electrons. The van der Waals surface area contributed by atoms with Crippen molar-refractivity contribution in [1.29, 1.82) is 0 Å². The number of halogens is 2. The maximum absolute atomic E-state index is 12.2. The van der Waals surface area contributed by atoms with Crippen molar-refractivity contribution in [3.63, 3.8) is 0 Å². The van der Waals surface area contributed by atoms with Crippen LogP contribution in [0.2, 0.25) is 0 Å². The van der Waals surface area contributed by atoms with Crippen LogP contribution in [-0.2, 0) is 0 Å². The normalized spacial score (nSPS) is 13.1. The van der Waals surface area contributed by atoms with Gasteiger partial charge in [-0.3, -0.25) is 0 Å². The molecule has 0 aliphatic carbocycles. The van der Waals surface area contributed by atoms with Gasteiger partial charge in [0.25, 0.3) is 0 Å². The summed E-state index contributed by atoms with van der Waals surface area (Å²) in [7, 11) is 0. The number of hydrogen-bond acceptors (Lipinski definition) is 3. The minimum atomic E-state index is -1.10. The van der Waals surface area contributed by atoms with E-state index < -0.39 is 12.8 Å². The fourth-order valence-electron chi connectivity index (χ4n) is 2.19. The Bertz CT molecular complexity index is 626. The molecular weight excluding hydrogens is 355 g/mol. The average Bonchev–Trinajstić information content (AvgIpc) is 2.70. The topological polar surface area (TPSA) is 38.7 Å². The summed E-state index contributed by atoms with van der Waals surface area (Å²) >= 11 is 5.78. The molecule has 0 bridgehead atoms. The maximum Gasteiger partial charge on any atom is 0.119 e. The molecule has 0 fully saturated rings. The highest BCUT2D eigenvalue weighted by Gasteiger charge is 2.07. The molecule has 0 saturated carbocycles. The van der Waals surface area contributed by atoms with Crippen molar-refractivity contribution in [3.8, 4) is 11.5 Å². The first-order valence-corrected chi connectivity index (χ1v) is 9.02. The second kappa shape index (κ2) is 10.2. The lowest BCUT2D eigenvalue weighted by molar-refractivity contribution is 0.0842. The second-order valence-corrected chi connectivity index (χ2v) is 6.53. The molecule has 0 spiro atoms. The largest absolute Gasteiger partial charge is 0.493 e. The van der Waals surface area contributed by atoms with Gasteiger partial charge in [-0.05, 0) is 41.0 Å². The Labute approximate surface area is 159 Å². The van der Waals surface area contributed by atoms with Gasteiger partial charge in [0.1, 0.15) is 30.9 Å². The molecule has 2 rings (SSSR count). The Balaban J connectivity index is 1.95. The summed E-state index contributed by atoms with van der Waals surface area (Å²) in [4.78, 5) is 0. The van der Waals surface area contributed by atoms with E-state index in [1.165, 1.54) is 0 Å². The lowest BCUT2D eigenvalue weighted by Gasteiger charge is -2.12. The quantitative estimate of drug-likeness (QED) is 0.608. The third-order valence-electron chi connectivity index (χ3n) is 3.82. The first-order chi connectivity index (χ1) is 12.5. The number of benzene rings is 2. The number of rotatable bonds is 10. The molecule has 0 unspecified atom stereocenters. The number of aliphatic hydroxyl groups excluding tert-OH is 1. The standard InChI is InChI=1S/C21H24ClFO3/c1-15(11-22)13-25-20-7-3-17(4-8-20)16(2)18-5-9-21(10-6-18)26-14-19(24)12-23/h3-10,15,19,24H,2,11-14H2,1H3/t15-,19+/m1/s1. The van der Waals surface area contributed by atoms with Crippen LogP contribution in [0.25, 0.3) is 5.57 Å². The van der Waals surface area contributed by atoms with Crippen LogP contribution >= 0.6 is 11.6 Å². The molecule has 1 N–H and O–H groups in total. The third kappa shape index (κ3) is 6.04. The molecule has 0 aromatic heterocycles. The summed E-state index contributed by atoms with van der Waals surface area (Å²) in [6, 6.07) is 15.1. The Kier molecular flexibility index (Phi) is 7.95. The second-order valence-electron chi connectivity index (χ2n) is 6.22. The monoisotopic (exact) mass is 378 g/mol. The van der Waals surface area contributed by atoms with Gasteiger partial charge in [0.05, 0.1) is 6.61 Å². The Morgan fingerprint density at radius 1 is 1.00 bits per heavy atom. The van der Waals surface area contributed by atoms with E-state index >= 15 is 0 Å². The summed E-state index contributed by atoms with van der Waals surface area (Å²) < 4.78 is 23.2. The Hall–Kier alpha value is -2.04. The zero-order valence-electron chi connectivity index (χ0n) is 14.8. The molecule has 0 radical (unpaired) electrons. The molecule has 0 saturated heterocycles. The van der Waals surface area contributed by atoms with Gasteiger partial charge in [0.15, 0.2) is 0 Å². The summed E-state index contributed by atoms with van der Waals surface area (Å²) in [6.07, 6.45) is -1.10. The van der Waals surface area contributed by atoms with Crippen LogP contribution in [0.4, 0.5) is 4.39 Å². The minimum Gasteiger partial charge on any atom is -0.493 e. The smallest absolute Gasteiger partial charge is 0.119 e. The van der Waals surface area contributed by atoms with Crippen LogP contribution in [0.1, 0.15) is 18.1 Å². The highest BCUT2D eigenvalue weighted by Crippen LogP contribution is 2.25. The molecule has 0 heterocycles. The highest BCUT2D eigenvalue weighted by atomic mass is 35.5. The van der Waals surface area contributed by atoms with Gasteiger partial charge >= 0.3 is 0 Å². The summed E-state index contributed by atoms with van der Waals surface area (Å²) in [6.45, 7) is 5.87. The first-order valence-electron chi connectivity index (χ1n) is 8.48. The molecule has 5 heteroatoms. The molecule has 26 heavy (non-hydrogen) atoms. The van der Waals surface area contributed by atoms with Crippen LogP contribution in [0, 0.1) is 5.92 Å². The van der Waals surface area contributed by atoms with E-state index in [-0.39, 0.29) is 6.61 Å². The lowest BCUT2D eigenvalue weighted by atomic mass is 9.99. The molecule has 2 aromatic rings. The highest BCUT2D eigenvalue weighted by molar-refractivity contribution is 6.18. The molecule has 0 amide bonds. The van der Waals surface area contributed by atoms with Crippen molar-refractivity contribution in [3.05, 3.63) is 66.2 Å². The fourth-order valence-corrected chi connectivity index (χ4v) is 2.28. The first kappa shape index (κ1) is 20.3. The van der Waals surface area contributed by atoms with Crippen molar-refractivity contribution >= 4 is 17.2 Å². The predicted octanol–water partition coefficient (Wildman–Crippen LogP) is 4.71. The van der Waals surface area contributed by atoms with Gasteiger partial charge in [0, 0.05) is 11.8 Å². The molecule has 2 atom stereocenters. The summed E-state index contributed by atoms with van der Waals surface area (Å²) in [5, 5.41) is 9.18. The van der Waals surface area contributed by atoms with Gasteiger partial charge in [0.2, 0.25) is 0 Å². The Morgan fingerprint density at radius 2 is 1.46 bits per heavy atom. The molecular formula is C21H24ClFO3. The van der Waals surface area contributed by atoms with Gasteiger partial charge < -0.3 is 14.6 Å². The van der Waals surface area contributed by atoms with E-state index in [4.69, 9.17) is 21.1 Å². The van der Waals surface area contributed by atoms with Crippen molar-refractivity contribution in [2.75, 3.05) is 25.8 Å². The Morgan fingerprint density at radius 3 is 1.88 bits per heavy atom. The van der Waals surface area contributed by atoms with Crippen molar-refractivity contribution in [1.82, 2.24) is 0 Å². The van der Waals surface area contributed by atoms with E-state index in [1.807, 2.05) is 43.3 Å². The number of alkyl halides is 2. The van der Waals surface area contributed by atoms with E-state index in [0.29, 0.717) is 24.2 Å². The van der Waals surface area contributed by atoms with Crippen molar-refractivity contribution < 1.29 is 19.0 Å². The zero-order valence-corrected chi connectivity index (χ0v) is 15.6. The van der Waals surface area contributed by atoms with Crippen LogP contribution in [-0.4, -0.2) is 37.0 Å². The van der Waals surface area contributed by atoms with Crippen molar-refractivity contribution in [2.24, 2.45) is 5.92 Å².